The van der Waals surface area contributed by atoms with Crippen LogP contribution in [0.15, 0.2) is 30.3 Å². The van der Waals surface area contributed by atoms with Gasteiger partial charge < -0.3 is 15.0 Å². The molecule has 1 aromatic rings. The average Bonchev–Trinajstić information content (AvgIpc) is 2.53. The van der Waals surface area contributed by atoms with E-state index in [9.17, 15) is 9.59 Å². The lowest BCUT2D eigenvalue weighted by molar-refractivity contribution is -0.134. The Morgan fingerprint density at radius 1 is 1.24 bits per heavy atom. The van der Waals surface area contributed by atoms with E-state index in [0.29, 0.717) is 39.3 Å². The summed E-state index contributed by atoms with van der Waals surface area (Å²) in [5, 5.41) is 2.77. The van der Waals surface area contributed by atoms with Crippen molar-refractivity contribution < 1.29 is 14.3 Å². The van der Waals surface area contributed by atoms with Gasteiger partial charge in [-0.2, -0.15) is 0 Å². The first-order valence-corrected chi connectivity index (χ1v) is 7.36. The number of hydrogen-bond acceptors (Lipinski definition) is 3. The van der Waals surface area contributed by atoms with Crippen molar-refractivity contribution in [3.63, 3.8) is 0 Å². The van der Waals surface area contributed by atoms with Crippen LogP contribution in [0.2, 0.25) is 0 Å². The lowest BCUT2D eigenvalue weighted by Gasteiger charge is -2.26. The van der Waals surface area contributed by atoms with E-state index >= 15 is 0 Å². The number of ether oxygens (including phenoxy) is 1. The molecule has 0 bridgehead atoms. The third kappa shape index (κ3) is 4.56. The zero-order valence-electron chi connectivity index (χ0n) is 12.4. The Balaban J connectivity index is 2.02. The standard InChI is InChI=1S/C16H22N2O3/c1-13(14-5-3-2-4-6-14)16(20)18-9-7-15(19)17-8-11-21-12-10-18/h2-6,13H,7-12H2,1H3,(H,17,19)/t13-/m1/s1. The smallest absolute Gasteiger partial charge is 0.229 e. The highest BCUT2D eigenvalue weighted by molar-refractivity contribution is 5.84. The van der Waals surface area contributed by atoms with Crippen molar-refractivity contribution in [1.82, 2.24) is 10.2 Å². The molecule has 1 heterocycles. The number of carbonyl (C=O) groups excluding carboxylic acids is 2. The number of hydrogen-bond donors (Lipinski definition) is 1. The summed E-state index contributed by atoms with van der Waals surface area (Å²) >= 11 is 0. The second-order valence-electron chi connectivity index (χ2n) is 5.17. The molecular weight excluding hydrogens is 268 g/mol. The molecular formula is C16H22N2O3. The summed E-state index contributed by atoms with van der Waals surface area (Å²) in [4.78, 5) is 25.9. The summed E-state index contributed by atoms with van der Waals surface area (Å²) in [5.41, 5.74) is 0.991. The van der Waals surface area contributed by atoms with Gasteiger partial charge in [-0.05, 0) is 12.5 Å². The van der Waals surface area contributed by atoms with E-state index in [2.05, 4.69) is 5.32 Å². The minimum atomic E-state index is -0.211. The summed E-state index contributed by atoms with van der Waals surface area (Å²) in [7, 11) is 0. The van der Waals surface area contributed by atoms with E-state index in [1.54, 1.807) is 4.90 Å². The Morgan fingerprint density at radius 2 is 2.00 bits per heavy atom. The molecule has 0 aliphatic carbocycles. The Bertz CT molecular complexity index is 476. The number of rotatable bonds is 2. The highest BCUT2D eigenvalue weighted by atomic mass is 16.5. The number of nitrogens with zero attached hydrogens (tertiary/aromatic N) is 1. The summed E-state index contributed by atoms with van der Waals surface area (Å²) in [5.74, 6) is -0.207. The Morgan fingerprint density at radius 3 is 2.76 bits per heavy atom. The van der Waals surface area contributed by atoms with E-state index < -0.39 is 0 Å². The largest absolute Gasteiger partial charge is 0.378 e. The normalized spacial score (nSPS) is 18.7. The predicted octanol–water partition coefficient (Wildman–Crippen LogP) is 1.16. The predicted molar refractivity (Wildman–Crippen MR) is 79.9 cm³/mol. The average molecular weight is 290 g/mol. The van der Waals surface area contributed by atoms with Gasteiger partial charge in [-0.15, -0.1) is 0 Å². The van der Waals surface area contributed by atoms with Crippen molar-refractivity contribution in [3.05, 3.63) is 35.9 Å². The molecule has 1 aliphatic rings. The van der Waals surface area contributed by atoms with Crippen molar-refractivity contribution in [2.75, 3.05) is 32.8 Å². The quantitative estimate of drug-likeness (QED) is 0.889. The van der Waals surface area contributed by atoms with Gasteiger partial charge >= 0.3 is 0 Å². The summed E-state index contributed by atoms with van der Waals surface area (Å²) in [6.07, 6.45) is 0.341. The molecule has 1 saturated heterocycles. The van der Waals surface area contributed by atoms with Crippen molar-refractivity contribution >= 4 is 11.8 Å². The van der Waals surface area contributed by atoms with Crippen LogP contribution >= 0.6 is 0 Å². The third-order valence-corrected chi connectivity index (χ3v) is 3.66. The van der Waals surface area contributed by atoms with Crippen molar-refractivity contribution in [1.29, 1.82) is 0 Å². The molecule has 0 aromatic heterocycles. The highest BCUT2D eigenvalue weighted by Crippen LogP contribution is 2.17. The molecule has 1 aliphatic heterocycles. The van der Waals surface area contributed by atoms with E-state index in [0.717, 1.165) is 5.56 Å². The SMILES string of the molecule is C[C@@H](C(=O)N1CCOCCNC(=O)CC1)c1ccccc1. The summed E-state index contributed by atoms with van der Waals surface area (Å²) in [6.45, 7) is 4.39. The van der Waals surface area contributed by atoms with Gasteiger partial charge in [-0.3, -0.25) is 9.59 Å². The second kappa shape index (κ2) is 7.78. The second-order valence-corrected chi connectivity index (χ2v) is 5.17. The molecule has 2 rings (SSSR count). The molecule has 114 valence electrons. The zero-order valence-corrected chi connectivity index (χ0v) is 12.4. The number of benzene rings is 1. The van der Waals surface area contributed by atoms with Crippen LogP contribution in [-0.4, -0.2) is 49.6 Å². The van der Waals surface area contributed by atoms with Crippen LogP contribution in [-0.2, 0) is 14.3 Å². The molecule has 5 heteroatoms. The minimum absolute atomic E-state index is 0.0364. The monoisotopic (exact) mass is 290 g/mol. The maximum absolute atomic E-state index is 12.6. The van der Waals surface area contributed by atoms with Gasteiger partial charge in [0, 0.05) is 26.1 Å². The summed E-state index contributed by atoms with van der Waals surface area (Å²) in [6, 6.07) is 9.69. The molecule has 1 atom stereocenters. The van der Waals surface area contributed by atoms with Gasteiger partial charge in [0.05, 0.1) is 19.1 Å². The van der Waals surface area contributed by atoms with Gasteiger partial charge in [0.1, 0.15) is 0 Å². The van der Waals surface area contributed by atoms with Crippen LogP contribution in [0.5, 0.6) is 0 Å². The van der Waals surface area contributed by atoms with Crippen LogP contribution in [0.3, 0.4) is 0 Å². The molecule has 0 unspecified atom stereocenters. The Labute approximate surface area is 125 Å². The maximum atomic E-state index is 12.6. The van der Waals surface area contributed by atoms with Gasteiger partial charge in [0.15, 0.2) is 0 Å². The molecule has 1 aromatic carbocycles. The molecule has 0 radical (unpaired) electrons. The zero-order chi connectivity index (χ0) is 15.1. The number of carbonyl (C=O) groups is 2. The van der Waals surface area contributed by atoms with Gasteiger partial charge in [0.25, 0.3) is 0 Å². The van der Waals surface area contributed by atoms with Gasteiger partial charge in [-0.1, -0.05) is 30.3 Å². The molecule has 1 fully saturated rings. The van der Waals surface area contributed by atoms with Crippen molar-refractivity contribution in [2.45, 2.75) is 19.3 Å². The fraction of sp³-hybridized carbons (Fsp3) is 0.500. The van der Waals surface area contributed by atoms with Crippen LogP contribution in [0, 0.1) is 0 Å². The topological polar surface area (TPSA) is 58.6 Å². The van der Waals surface area contributed by atoms with E-state index in [-0.39, 0.29) is 17.7 Å². The first-order chi connectivity index (χ1) is 10.2. The molecule has 0 spiro atoms. The molecule has 5 nitrogen and oxygen atoms in total. The molecule has 0 saturated carbocycles. The van der Waals surface area contributed by atoms with Crippen molar-refractivity contribution in [3.8, 4) is 0 Å². The molecule has 2 amide bonds. The highest BCUT2D eigenvalue weighted by Gasteiger charge is 2.22. The first-order valence-electron chi connectivity index (χ1n) is 7.36. The third-order valence-electron chi connectivity index (χ3n) is 3.66. The number of nitrogens with one attached hydrogen (secondary N) is 1. The molecule has 1 N–H and O–H groups in total. The Kier molecular flexibility index (Phi) is 5.75. The Hall–Kier alpha value is -1.88. The van der Waals surface area contributed by atoms with Crippen LogP contribution in [0.25, 0.3) is 0 Å². The van der Waals surface area contributed by atoms with Gasteiger partial charge in [-0.25, -0.2) is 0 Å². The lowest BCUT2D eigenvalue weighted by atomic mass is 9.99. The van der Waals surface area contributed by atoms with E-state index in [4.69, 9.17) is 4.74 Å². The fourth-order valence-electron chi connectivity index (χ4n) is 2.35. The maximum Gasteiger partial charge on any atom is 0.229 e. The van der Waals surface area contributed by atoms with Crippen molar-refractivity contribution in [2.24, 2.45) is 0 Å². The van der Waals surface area contributed by atoms with Crippen LogP contribution in [0.4, 0.5) is 0 Å². The molecule has 21 heavy (non-hydrogen) atoms. The van der Waals surface area contributed by atoms with E-state index in [1.807, 2.05) is 37.3 Å². The first kappa shape index (κ1) is 15.5. The van der Waals surface area contributed by atoms with Crippen LogP contribution in [0.1, 0.15) is 24.8 Å². The number of amides is 2. The minimum Gasteiger partial charge on any atom is -0.378 e. The lowest BCUT2D eigenvalue weighted by Crippen LogP contribution is -2.41. The summed E-state index contributed by atoms with van der Waals surface area (Å²) < 4.78 is 5.42. The van der Waals surface area contributed by atoms with Gasteiger partial charge in [0.2, 0.25) is 11.8 Å². The van der Waals surface area contributed by atoms with E-state index in [1.165, 1.54) is 0 Å². The fourth-order valence-corrected chi connectivity index (χ4v) is 2.35. The van der Waals surface area contributed by atoms with Crippen LogP contribution < -0.4 is 5.32 Å².